The number of carbonyl (C=O) groups is 1. The van der Waals surface area contributed by atoms with Crippen molar-refractivity contribution < 1.29 is 9.53 Å². The summed E-state index contributed by atoms with van der Waals surface area (Å²) in [5.74, 6) is 2.25. The van der Waals surface area contributed by atoms with Crippen LogP contribution in [0.4, 0.5) is 0 Å². The normalized spacial score (nSPS) is 10.8. The molecule has 0 unspecified atom stereocenters. The van der Waals surface area contributed by atoms with Gasteiger partial charge in [-0.25, -0.2) is 4.79 Å². The maximum Gasteiger partial charge on any atom is 0.338 e. The molecule has 0 saturated carbocycles. The first-order valence-corrected chi connectivity index (χ1v) is 6.32. The molecule has 17 heavy (non-hydrogen) atoms. The topological polar surface area (TPSA) is 26.3 Å². The molecule has 3 heteroatoms. The Balaban J connectivity index is 3.19. The highest BCUT2D eigenvalue weighted by Gasteiger charge is 2.20. The standard InChI is InChI=1S/C14H15IO2/c1-6-10-7-11(15)8-12(9(10)2)13(16)17-14(3,4)5/h1,7-8H,2-5H3. The number of terminal acetylenes is 1. The van der Waals surface area contributed by atoms with Crippen molar-refractivity contribution in [3.05, 3.63) is 32.4 Å². The molecule has 1 aromatic rings. The molecule has 0 aromatic heterocycles. The Bertz CT molecular complexity index is 490. The molecule has 0 aliphatic heterocycles. The van der Waals surface area contributed by atoms with Crippen LogP contribution < -0.4 is 0 Å². The molecule has 0 aliphatic carbocycles. The predicted octanol–water partition coefficient (Wildman–Crippen LogP) is 3.54. The SMILES string of the molecule is C#Cc1cc(I)cc(C(=O)OC(C)(C)C)c1C. The third kappa shape index (κ3) is 3.74. The summed E-state index contributed by atoms with van der Waals surface area (Å²) < 4.78 is 6.28. The fraction of sp³-hybridized carbons (Fsp3) is 0.357. The van der Waals surface area contributed by atoms with Crippen molar-refractivity contribution in [2.45, 2.75) is 33.3 Å². The van der Waals surface area contributed by atoms with Crippen LogP contribution >= 0.6 is 22.6 Å². The van der Waals surface area contributed by atoms with E-state index in [2.05, 4.69) is 28.5 Å². The summed E-state index contributed by atoms with van der Waals surface area (Å²) in [6.45, 7) is 7.37. The van der Waals surface area contributed by atoms with Gasteiger partial charge in [0.25, 0.3) is 0 Å². The van der Waals surface area contributed by atoms with Gasteiger partial charge in [0.1, 0.15) is 5.60 Å². The third-order valence-corrected chi connectivity index (χ3v) is 2.77. The zero-order chi connectivity index (χ0) is 13.2. The highest BCUT2D eigenvalue weighted by Crippen LogP contribution is 2.21. The fourth-order valence-corrected chi connectivity index (χ4v) is 2.00. The molecule has 2 nitrogen and oxygen atoms in total. The summed E-state index contributed by atoms with van der Waals surface area (Å²) >= 11 is 2.14. The van der Waals surface area contributed by atoms with Crippen LogP contribution in [0.5, 0.6) is 0 Å². The monoisotopic (exact) mass is 342 g/mol. The van der Waals surface area contributed by atoms with Gasteiger partial charge >= 0.3 is 5.97 Å². The second-order valence-corrected chi connectivity index (χ2v) is 6.02. The van der Waals surface area contributed by atoms with Gasteiger partial charge < -0.3 is 4.74 Å². The van der Waals surface area contributed by atoms with E-state index in [1.54, 1.807) is 6.07 Å². The van der Waals surface area contributed by atoms with Crippen molar-refractivity contribution >= 4 is 28.6 Å². The van der Waals surface area contributed by atoms with Gasteiger partial charge in [-0.15, -0.1) is 6.42 Å². The Morgan fingerprint density at radius 2 is 2.00 bits per heavy atom. The van der Waals surface area contributed by atoms with E-state index in [1.165, 1.54) is 0 Å². The quantitative estimate of drug-likeness (QED) is 0.443. The minimum absolute atomic E-state index is 0.329. The zero-order valence-electron chi connectivity index (χ0n) is 10.4. The molecule has 1 aromatic carbocycles. The largest absolute Gasteiger partial charge is 0.456 e. The van der Waals surface area contributed by atoms with Gasteiger partial charge in [-0.1, -0.05) is 5.92 Å². The molecule has 90 valence electrons. The van der Waals surface area contributed by atoms with Gasteiger partial charge in [0.15, 0.2) is 0 Å². The molecular formula is C14H15IO2. The van der Waals surface area contributed by atoms with Crippen LogP contribution in [0.25, 0.3) is 0 Å². The van der Waals surface area contributed by atoms with Gasteiger partial charge in [-0.3, -0.25) is 0 Å². The third-order valence-electron chi connectivity index (χ3n) is 2.15. The molecule has 0 spiro atoms. The molecule has 0 heterocycles. The van der Waals surface area contributed by atoms with Crippen molar-refractivity contribution in [1.29, 1.82) is 0 Å². The van der Waals surface area contributed by atoms with Crippen molar-refractivity contribution in [2.75, 3.05) is 0 Å². The predicted molar refractivity (Wildman–Crippen MR) is 77.0 cm³/mol. The van der Waals surface area contributed by atoms with E-state index in [0.717, 1.165) is 14.7 Å². The number of esters is 1. The molecule has 0 N–H and O–H groups in total. The molecule has 0 bridgehead atoms. The van der Waals surface area contributed by atoms with Crippen molar-refractivity contribution in [2.24, 2.45) is 0 Å². The van der Waals surface area contributed by atoms with Crippen LogP contribution in [0.2, 0.25) is 0 Å². The van der Waals surface area contributed by atoms with Gasteiger partial charge in [0, 0.05) is 9.13 Å². The second-order valence-electron chi connectivity index (χ2n) is 4.77. The van der Waals surface area contributed by atoms with Crippen LogP contribution in [0, 0.1) is 22.8 Å². The van der Waals surface area contributed by atoms with E-state index in [1.807, 2.05) is 33.8 Å². The molecule has 0 aliphatic rings. The average molecular weight is 342 g/mol. The van der Waals surface area contributed by atoms with E-state index < -0.39 is 5.60 Å². The summed E-state index contributed by atoms with van der Waals surface area (Å²) in [7, 11) is 0. The van der Waals surface area contributed by atoms with E-state index in [4.69, 9.17) is 11.2 Å². The number of hydrogen-bond acceptors (Lipinski definition) is 2. The molecule has 0 amide bonds. The van der Waals surface area contributed by atoms with Crippen molar-refractivity contribution in [3.8, 4) is 12.3 Å². The van der Waals surface area contributed by atoms with Gasteiger partial charge in [-0.05, 0) is 68.0 Å². The van der Waals surface area contributed by atoms with E-state index >= 15 is 0 Å². The zero-order valence-corrected chi connectivity index (χ0v) is 12.6. The molecule has 0 saturated heterocycles. The Kier molecular flexibility index (Phi) is 4.21. The van der Waals surface area contributed by atoms with E-state index in [9.17, 15) is 4.79 Å². The lowest BCUT2D eigenvalue weighted by molar-refractivity contribution is 0.00686. The summed E-state index contributed by atoms with van der Waals surface area (Å²) in [4.78, 5) is 12.0. The van der Waals surface area contributed by atoms with Gasteiger partial charge in [-0.2, -0.15) is 0 Å². The van der Waals surface area contributed by atoms with Crippen LogP contribution in [0.1, 0.15) is 42.3 Å². The lowest BCUT2D eigenvalue weighted by Gasteiger charge is -2.20. The summed E-state index contributed by atoms with van der Waals surface area (Å²) in [6.07, 6.45) is 5.41. The van der Waals surface area contributed by atoms with Crippen LogP contribution in [-0.2, 0) is 4.74 Å². The van der Waals surface area contributed by atoms with Gasteiger partial charge in [0.05, 0.1) is 5.56 Å². The number of halogens is 1. The Labute approximate surface area is 116 Å². The minimum Gasteiger partial charge on any atom is -0.456 e. The van der Waals surface area contributed by atoms with Crippen LogP contribution in [-0.4, -0.2) is 11.6 Å². The molecule has 0 radical (unpaired) electrons. The van der Waals surface area contributed by atoms with E-state index in [-0.39, 0.29) is 5.97 Å². The number of hydrogen-bond donors (Lipinski definition) is 0. The highest BCUT2D eigenvalue weighted by atomic mass is 127. The molecule has 1 rings (SSSR count). The number of rotatable bonds is 1. The Morgan fingerprint density at radius 3 is 2.47 bits per heavy atom. The highest BCUT2D eigenvalue weighted by molar-refractivity contribution is 14.1. The number of carbonyl (C=O) groups excluding carboxylic acids is 1. The first kappa shape index (κ1) is 14.0. The maximum absolute atomic E-state index is 12.0. The van der Waals surface area contributed by atoms with E-state index in [0.29, 0.717) is 5.56 Å². The Hall–Kier alpha value is -1.02. The first-order valence-electron chi connectivity index (χ1n) is 5.24. The van der Waals surface area contributed by atoms with Gasteiger partial charge in [0.2, 0.25) is 0 Å². The minimum atomic E-state index is -0.499. The number of benzene rings is 1. The fourth-order valence-electron chi connectivity index (χ4n) is 1.37. The van der Waals surface area contributed by atoms with Crippen molar-refractivity contribution in [1.82, 2.24) is 0 Å². The summed E-state index contributed by atoms with van der Waals surface area (Å²) in [6, 6.07) is 3.68. The lowest BCUT2D eigenvalue weighted by atomic mass is 10.0. The Morgan fingerprint density at radius 1 is 1.41 bits per heavy atom. The second kappa shape index (κ2) is 5.09. The molecule has 0 atom stereocenters. The smallest absolute Gasteiger partial charge is 0.338 e. The molecule has 0 fully saturated rings. The van der Waals surface area contributed by atoms with Crippen LogP contribution in [0.15, 0.2) is 12.1 Å². The average Bonchev–Trinajstić information content (AvgIpc) is 2.18. The summed E-state index contributed by atoms with van der Waals surface area (Å²) in [5.41, 5.74) is 1.57. The first-order chi connectivity index (χ1) is 7.74. The maximum atomic E-state index is 12.0. The van der Waals surface area contributed by atoms with Crippen LogP contribution in [0.3, 0.4) is 0 Å². The lowest BCUT2D eigenvalue weighted by Crippen LogP contribution is -2.24. The number of ether oxygens (including phenoxy) is 1. The molecular weight excluding hydrogens is 327 g/mol. The van der Waals surface area contributed by atoms with Crippen molar-refractivity contribution in [3.63, 3.8) is 0 Å². The summed E-state index contributed by atoms with van der Waals surface area (Å²) in [5, 5.41) is 0.